The van der Waals surface area contributed by atoms with Gasteiger partial charge in [0.25, 0.3) is 5.91 Å². The fraction of sp³-hybridized carbons (Fsp3) is 0.568. The zero-order valence-electron chi connectivity index (χ0n) is 36.1. The highest BCUT2D eigenvalue weighted by Gasteiger charge is 2.63. The molecule has 16 nitrogen and oxygen atoms in total. The molecule has 350 valence electrons. The van der Waals surface area contributed by atoms with E-state index in [1.807, 2.05) is 19.1 Å². The molecule has 1 unspecified atom stereocenters. The molecule has 2 saturated heterocycles. The van der Waals surface area contributed by atoms with Crippen LogP contribution in [0.4, 0.5) is 18.0 Å². The van der Waals surface area contributed by atoms with Crippen LogP contribution in [0.3, 0.4) is 0 Å². The Labute approximate surface area is 378 Å². The number of rotatable bonds is 9. The minimum Gasteiger partial charge on any atom is -0.488 e. The number of sulfonamides is 1. The number of carbonyl (C=O) groups is 4. The van der Waals surface area contributed by atoms with Crippen molar-refractivity contribution in [1.82, 2.24) is 35.2 Å². The second kappa shape index (κ2) is 17.9. The average Bonchev–Trinajstić information content (AvgIpc) is 4.01. The summed E-state index contributed by atoms with van der Waals surface area (Å²) in [6, 6.07) is 4.11. The van der Waals surface area contributed by atoms with Crippen LogP contribution in [0.15, 0.2) is 60.4 Å². The highest BCUT2D eigenvalue weighted by atomic mass is 32.2. The molecule has 8 atom stereocenters. The van der Waals surface area contributed by atoms with Gasteiger partial charge in [0.05, 0.1) is 23.6 Å². The van der Waals surface area contributed by atoms with E-state index in [1.54, 1.807) is 62.1 Å². The van der Waals surface area contributed by atoms with Crippen molar-refractivity contribution in [1.29, 1.82) is 0 Å². The van der Waals surface area contributed by atoms with Gasteiger partial charge in [0, 0.05) is 67.0 Å². The molecule has 3 aromatic rings. The van der Waals surface area contributed by atoms with Gasteiger partial charge in [0.1, 0.15) is 40.2 Å². The summed E-state index contributed by atoms with van der Waals surface area (Å²) in [5.74, 6) is -3.44. The van der Waals surface area contributed by atoms with Gasteiger partial charge in [-0.05, 0) is 75.8 Å². The topological polar surface area (TPSA) is 208 Å². The predicted octanol–water partition coefficient (Wildman–Crippen LogP) is 5.71. The van der Waals surface area contributed by atoms with Gasteiger partial charge in [-0.15, -0.1) is 11.3 Å². The molecule has 2 aliphatic carbocycles. The Morgan fingerprint density at radius 3 is 2.55 bits per heavy atom. The highest BCUT2D eigenvalue weighted by molar-refractivity contribution is 7.91. The third-order valence-corrected chi connectivity index (χ3v) is 16.2. The van der Waals surface area contributed by atoms with Crippen LogP contribution < -0.4 is 20.1 Å². The standard InChI is InChI=1S/C44H52F3N7O9S2/c1-26-8-4-5-10-29-22-43(29,39(57)53-65(59,60)41(3)12-13-41)52-36(55)34-21-31(62-30-19-32(28-9-6-14-48-23-28)50-33(20-30)37-49-15-17-64-37)24-54(34)38(56)35(27(2)18-26)51-40(58)63-42(44(45,46)47)11-7-16-61-25-42/h5-6,9-10,14-15,17,19-20,23,26-27,29,31,34-35H,4,7-8,11-13,16,18,21-22,24-25H2,1-3H3,(H,51,58)(H,52,55)(H,53,57)/b10-5-/t26-,27-,29-,31-,34+,35+,42?,43-/m1/s1. The Morgan fingerprint density at radius 1 is 1.09 bits per heavy atom. The van der Waals surface area contributed by atoms with E-state index in [-0.39, 0.29) is 38.3 Å². The first kappa shape index (κ1) is 46.4. The number of amides is 4. The number of hydrogen-bond donors (Lipinski definition) is 3. The molecule has 0 aromatic carbocycles. The quantitative estimate of drug-likeness (QED) is 0.221. The first-order valence-electron chi connectivity index (χ1n) is 21.8. The number of pyridine rings is 2. The summed E-state index contributed by atoms with van der Waals surface area (Å²) in [5.41, 5.74) is -2.94. The Bertz CT molecular complexity index is 2410. The van der Waals surface area contributed by atoms with Crippen LogP contribution in [0.2, 0.25) is 0 Å². The SMILES string of the molecule is C[C@@H]1CC/C=C\[C@@H]2C[C@@]2(C(=O)NS(=O)(=O)C2(C)CC2)NC(=O)[C@@H]2C[C@@H](Oc3cc(-c4cccnc4)nc(-c4nccs4)c3)CN2C(=O)[C@@H](NC(=O)OC2(C(F)(F)F)CCCOC2)[C@H](C)C1. The zero-order valence-corrected chi connectivity index (χ0v) is 37.8. The predicted molar refractivity (Wildman–Crippen MR) is 230 cm³/mol. The summed E-state index contributed by atoms with van der Waals surface area (Å²) < 4.78 is 88.0. The zero-order chi connectivity index (χ0) is 46.4. The van der Waals surface area contributed by atoms with Gasteiger partial charge in [-0.25, -0.2) is 23.2 Å². The van der Waals surface area contributed by atoms with Gasteiger partial charge in [-0.1, -0.05) is 26.0 Å². The molecule has 5 aliphatic rings. The molecule has 8 rings (SSSR count). The second-order valence-electron chi connectivity index (χ2n) is 18.3. The van der Waals surface area contributed by atoms with Crippen molar-refractivity contribution < 1.29 is 55.0 Å². The molecule has 65 heavy (non-hydrogen) atoms. The van der Waals surface area contributed by atoms with Crippen molar-refractivity contribution in [3.05, 3.63) is 60.4 Å². The first-order valence-corrected chi connectivity index (χ1v) is 24.2. The Kier molecular flexibility index (Phi) is 12.8. The van der Waals surface area contributed by atoms with Crippen molar-refractivity contribution in [3.8, 4) is 27.7 Å². The number of nitrogens with zero attached hydrogens (tertiary/aromatic N) is 4. The Morgan fingerprint density at radius 2 is 1.88 bits per heavy atom. The molecule has 3 aromatic heterocycles. The molecule has 4 fully saturated rings. The number of fused-ring (bicyclic) bond motifs is 2. The number of allylic oxidation sites excluding steroid dienone is 1. The van der Waals surface area contributed by atoms with Crippen molar-refractivity contribution in [2.24, 2.45) is 17.8 Å². The lowest BCUT2D eigenvalue weighted by Gasteiger charge is -2.38. The van der Waals surface area contributed by atoms with Gasteiger partial charge >= 0.3 is 12.3 Å². The third kappa shape index (κ3) is 9.72. The number of ether oxygens (including phenoxy) is 3. The number of alkyl halides is 3. The van der Waals surface area contributed by atoms with Gasteiger partial charge in [-0.2, -0.15) is 13.2 Å². The van der Waals surface area contributed by atoms with Gasteiger partial charge in [0.15, 0.2) is 0 Å². The highest BCUT2D eigenvalue weighted by Crippen LogP contribution is 2.48. The van der Waals surface area contributed by atoms with Crippen molar-refractivity contribution in [2.75, 3.05) is 19.8 Å². The summed E-state index contributed by atoms with van der Waals surface area (Å²) >= 11 is 1.36. The van der Waals surface area contributed by atoms with Gasteiger partial charge < -0.3 is 29.7 Å². The number of halogens is 3. The van der Waals surface area contributed by atoms with E-state index in [2.05, 4.69) is 25.3 Å². The van der Waals surface area contributed by atoms with Crippen LogP contribution in [-0.4, -0.2) is 112 Å². The average molecular weight is 944 g/mol. The largest absolute Gasteiger partial charge is 0.488 e. The molecule has 4 amide bonds. The smallest absolute Gasteiger partial charge is 0.430 e. The minimum atomic E-state index is -4.98. The molecule has 3 N–H and O–H groups in total. The Balaban J connectivity index is 1.14. The van der Waals surface area contributed by atoms with Crippen LogP contribution in [-0.2, 0) is 33.9 Å². The molecule has 0 radical (unpaired) electrons. The maximum Gasteiger partial charge on any atom is 0.430 e. The molecule has 3 aliphatic heterocycles. The van der Waals surface area contributed by atoms with Gasteiger partial charge in [-0.3, -0.25) is 24.1 Å². The Hall–Kier alpha value is -5.15. The normalized spacial score (nSPS) is 30.9. The summed E-state index contributed by atoms with van der Waals surface area (Å²) in [6.07, 6.45) is 2.85. The van der Waals surface area contributed by atoms with Crippen molar-refractivity contribution in [2.45, 2.75) is 119 Å². The van der Waals surface area contributed by atoms with E-state index in [9.17, 15) is 36.0 Å². The monoisotopic (exact) mass is 943 g/mol. The third-order valence-electron chi connectivity index (χ3n) is 13.2. The van der Waals surface area contributed by atoms with Crippen molar-refractivity contribution >= 4 is 45.2 Å². The molecular weight excluding hydrogens is 892 g/mol. The lowest BCUT2D eigenvalue weighted by Crippen LogP contribution is -2.60. The summed E-state index contributed by atoms with van der Waals surface area (Å²) in [5, 5.41) is 7.68. The molecule has 21 heteroatoms. The summed E-state index contributed by atoms with van der Waals surface area (Å²) in [4.78, 5) is 72.1. The van der Waals surface area contributed by atoms with Crippen LogP contribution in [0.5, 0.6) is 5.75 Å². The number of aromatic nitrogens is 3. The van der Waals surface area contributed by atoms with E-state index in [1.165, 1.54) is 16.2 Å². The van der Waals surface area contributed by atoms with Crippen LogP contribution in [0, 0.1) is 17.8 Å². The maximum absolute atomic E-state index is 15.1. The fourth-order valence-electron chi connectivity index (χ4n) is 8.95. The van der Waals surface area contributed by atoms with Crippen LogP contribution >= 0.6 is 11.3 Å². The summed E-state index contributed by atoms with van der Waals surface area (Å²) in [7, 11) is -4.10. The number of carbonyl (C=O) groups excluding carboxylic acids is 4. The summed E-state index contributed by atoms with van der Waals surface area (Å²) in [6.45, 7) is 4.11. The van der Waals surface area contributed by atoms with Crippen LogP contribution in [0.25, 0.3) is 22.0 Å². The van der Waals surface area contributed by atoms with E-state index >= 15 is 4.79 Å². The van der Waals surface area contributed by atoms with Gasteiger partial charge in [0.2, 0.25) is 27.4 Å². The number of hydrogen-bond acceptors (Lipinski definition) is 13. The van der Waals surface area contributed by atoms with E-state index in [4.69, 9.17) is 19.2 Å². The van der Waals surface area contributed by atoms with E-state index in [0.29, 0.717) is 59.8 Å². The maximum atomic E-state index is 15.1. The minimum absolute atomic E-state index is 0.0123. The van der Waals surface area contributed by atoms with E-state index in [0.717, 1.165) is 0 Å². The van der Waals surface area contributed by atoms with E-state index < -0.39 is 99.0 Å². The second-order valence-corrected chi connectivity index (χ2v) is 21.4. The first-order chi connectivity index (χ1) is 30.8. The number of thiazole rings is 1. The molecular formula is C44H52F3N7O9S2. The lowest BCUT2D eigenvalue weighted by molar-refractivity contribution is -0.285. The molecule has 0 bridgehead atoms. The fourth-order valence-corrected chi connectivity index (χ4v) is 10.9. The molecule has 2 saturated carbocycles. The molecule has 6 heterocycles. The lowest BCUT2D eigenvalue weighted by atomic mass is 9.88. The number of nitrogens with one attached hydrogen (secondary N) is 3. The molecule has 0 spiro atoms. The van der Waals surface area contributed by atoms with Crippen LogP contribution in [0.1, 0.15) is 78.6 Å². The number of alkyl carbamates (subject to hydrolysis) is 1. The van der Waals surface area contributed by atoms with Crippen molar-refractivity contribution in [3.63, 3.8) is 0 Å².